The summed E-state index contributed by atoms with van der Waals surface area (Å²) >= 11 is 0. The van der Waals surface area contributed by atoms with Gasteiger partial charge in [0.1, 0.15) is 5.82 Å². The van der Waals surface area contributed by atoms with Gasteiger partial charge in [0, 0.05) is 30.8 Å². The lowest BCUT2D eigenvalue weighted by Crippen LogP contribution is -2.42. The predicted molar refractivity (Wildman–Crippen MR) is 94.4 cm³/mol. The zero-order valence-electron chi connectivity index (χ0n) is 14.6. The molecule has 1 N–H and O–H groups in total. The van der Waals surface area contributed by atoms with Crippen LogP contribution in [0.5, 0.6) is 0 Å². The summed E-state index contributed by atoms with van der Waals surface area (Å²) in [4.78, 5) is 26.3. The van der Waals surface area contributed by atoms with Crippen molar-refractivity contribution in [1.29, 1.82) is 0 Å². The van der Waals surface area contributed by atoms with Crippen molar-refractivity contribution in [1.82, 2.24) is 4.90 Å². The number of hydrogen-bond acceptors (Lipinski definition) is 2. The number of benzene rings is 2. The highest BCUT2D eigenvalue weighted by atomic mass is 19.2. The molecular formula is C20H19F3N2O2. The van der Waals surface area contributed by atoms with E-state index in [1.165, 1.54) is 12.1 Å². The van der Waals surface area contributed by atoms with Gasteiger partial charge >= 0.3 is 0 Å². The third-order valence-corrected chi connectivity index (χ3v) is 4.71. The Hall–Kier alpha value is -2.83. The molecule has 0 radical (unpaired) electrons. The normalized spacial score (nSPS) is 14.9. The van der Waals surface area contributed by atoms with Crippen LogP contribution in [0.15, 0.2) is 42.5 Å². The standard InChI is InChI=1S/C20H19F3N2O2/c21-16-4-2-1-3-14(16)11-19(26)25-9-7-13(8-10-25)20(27)24-15-5-6-17(22)18(23)12-15/h1-6,12-13H,7-11H2,(H,24,27). The van der Waals surface area contributed by atoms with E-state index in [0.717, 1.165) is 12.1 Å². The maximum Gasteiger partial charge on any atom is 0.227 e. The van der Waals surface area contributed by atoms with Crippen molar-refractivity contribution in [2.45, 2.75) is 19.3 Å². The summed E-state index contributed by atoms with van der Waals surface area (Å²) in [6, 6.07) is 9.33. The molecule has 4 nitrogen and oxygen atoms in total. The average Bonchev–Trinajstić information content (AvgIpc) is 2.66. The van der Waals surface area contributed by atoms with Gasteiger partial charge in [0.2, 0.25) is 11.8 Å². The number of piperidine rings is 1. The lowest BCUT2D eigenvalue weighted by molar-refractivity contribution is -0.133. The summed E-state index contributed by atoms with van der Waals surface area (Å²) in [6.07, 6.45) is 0.898. The molecule has 1 saturated heterocycles. The summed E-state index contributed by atoms with van der Waals surface area (Å²) in [6.45, 7) is 0.784. The molecule has 0 aromatic heterocycles. The van der Waals surface area contributed by atoms with Gasteiger partial charge in [-0.3, -0.25) is 9.59 Å². The molecule has 0 aliphatic carbocycles. The molecule has 1 aliphatic rings. The van der Waals surface area contributed by atoms with Gasteiger partial charge in [0.05, 0.1) is 6.42 Å². The number of hydrogen-bond donors (Lipinski definition) is 1. The van der Waals surface area contributed by atoms with Crippen molar-refractivity contribution in [2.75, 3.05) is 18.4 Å². The Balaban J connectivity index is 1.52. The minimum atomic E-state index is -1.03. The molecule has 1 fully saturated rings. The molecule has 1 aliphatic heterocycles. The number of carbonyl (C=O) groups is 2. The fourth-order valence-corrected chi connectivity index (χ4v) is 3.13. The van der Waals surface area contributed by atoms with Crippen molar-refractivity contribution in [3.63, 3.8) is 0 Å². The van der Waals surface area contributed by atoms with Gasteiger partial charge in [-0.25, -0.2) is 13.2 Å². The molecule has 142 valence electrons. The van der Waals surface area contributed by atoms with Crippen LogP contribution >= 0.6 is 0 Å². The third kappa shape index (κ3) is 4.67. The monoisotopic (exact) mass is 376 g/mol. The van der Waals surface area contributed by atoms with E-state index >= 15 is 0 Å². The van der Waals surface area contributed by atoms with Crippen molar-refractivity contribution >= 4 is 17.5 Å². The summed E-state index contributed by atoms with van der Waals surface area (Å²) in [5.41, 5.74) is 0.540. The highest BCUT2D eigenvalue weighted by Crippen LogP contribution is 2.21. The zero-order chi connectivity index (χ0) is 19.4. The van der Waals surface area contributed by atoms with Crippen LogP contribution in [0.25, 0.3) is 0 Å². The minimum absolute atomic E-state index is 0.0155. The van der Waals surface area contributed by atoms with Gasteiger partial charge in [0.15, 0.2) is 11.6 Å². The first-order chi connectivity index (χ1) is 12.9. The van der Waals surface area contributed by atoms with Gasteiger partial charge in [-0.2, -0.15) is 0 Å². The Labute approximate surface area is 155 Å². The van der Waals surface area contributed by atoms with Crippen molar-refractivity contribution in [3.8, 4) is 0 Å². The van der Waals surface area contributed by atoms with Gasteiger partial charge in [-0.05, 0) is 36.6 Å². The van der Waals surface area contributed by atoms with Gasteiger partial charge in [-0.15, -0.1) is 0 Å². The average molecular weight is 376 g/mol. The molecule has 0 bridgehead atoms. The van der Waals surface area contributed by atoms with Crippen molar-refractivity contribution in [2.24, 2.45) is 5.92 Å². The van der Waals surface area contributed by atoms with E-state index in [9.17, 15) is 22.8 Å². The largest absolute Gasteiger partial charge is 0.342 e. The molecule has 0 saturated carbocycles. The maximum atomic E-state index is 13.7. The zero-order valence-corrected chi connectivity index (χ0v) is 14.6. The highest BCUT2D eigenvalue weighted by Gasteiger charge is 2.27. The van der Waals surface area contributed by atoms with E-state index in [-0.39, 0.29) is 29.8 Å². The molecule has 1 heterocycles. The first-order valence-corrected chi connectivity index (χ1v) is 8.71. The Bertz CT molecular complexity index is 849. The minimum Gasteiger partial charge on any atom is -0.342 e. The van der Waals surface area contributed by atoms with E-state index in [1.807, 2.05) is 0 Å². The number of halogens is 3. The molecule has 3 rings (SSSR count). The lowest BCUT2D eigenvalue weighted by Gasteiger charge is -2.31. The third-order valence-electron chi connectivity index (χ3n) is 4.71. The summed E-state index contributed by atoms with van der Waals surface area (Å²) in [5.74, 6) is -3.21. The number of anilines is 1. The van der Waals surface area contributed by atoms with E-state index in [4.69, 9.17) is 0 Å². The second kappa shape index (κ2) is 8.24. The van der Waals surface area contributed by atoms with Crippen LogP contribution in [-0.2, 0) is 16.0 Å². The number of likely N-dealkylation sites (tertiary alicyclic amines) is 1. The van der Waals surface area contributed by atoms with Crippen molar-refractivity contribution < 1.29 is 22.8 Å². The fraction of sp³-hybridized carbons (Fsp3) is 0.300. The first-order valence-electron chi connectivity index (χ1n) is 8.71. The molecule has 0 unspecified atom stereocenters. The number of carbonyl (C=O) groups excluding carboxylic acids is 2. The molecule has 0 atom stereocenters. The molecule has 2 aromatic rings. The second-order valence-electron chi connectivity index (χ2n) is 6.54. The van der Waals surface area contributed by atoms with Gasteiger partial charge < -0.3 is 10.2 Å². The summed E-state index contributed by atoms with van der Waals surface area (Å²) in [7, 11) is 0. The Morgan fingerprint density at radius 1 is 0.963 bits per heavy atom. The van der Waals surface area contributed by atoms with Gasteiger partial charge in [-0.1, -0.05) is 18.2 Å². The Kier molecular flexibility index (Phi) is 5.78. The lowest BCUT2D eigenvalue weighted by atomic mass is 9.95. The van der Waals surface area contributed by atoms with Crippen LogP contribution < -0.4 is 5.32 Å². The highest BCUT2D eigenvalue weighted by molar-refractivity contribution is 5.92. The topological polar surface area (TPSA) is 49.4 Å². The Morgan fingerprint density at radius 2 is 1.67 bits per heavy atom. The predicted octanol–water partition coefficient (Wildman–Crippen LogP) is 3.52. The van der Waals surface area contributed by atoms with E-state index in [0.29, 0.717) is 31.5 Å². The van der Waals surface area contributed by atoms with Crippen LogP contribution in [0.2, 0.25) is 0 Å². The second-order valence-corrected chi connectivity index (χ2v) is 6.54. The van der Waals surface area contributed by atoms with E-state index in [1.54, 1.807) is 23.1 Å². The van der Waals surface area contributed by atoms with Crippen LogP contribution in [-0.4, -0.2) is 29.8 Å². The molecule has 27 heavy (non-hydrogen) atoms. The number of rotatable bonds is 4. The molecular weight excluding hydrogens is 357 g/mol. The summed E-state index contributed by atoms with van der Waals surface area (Å²) < 4.78 is 39.8. The molecule has 2 amide bonds. The first kappa shape index (κ1) is 18.9. The molecule has 2 aromatic carbocycles. The number of nitrogens with one attached hydrogen (secondary N) is 1. The fourth-order valence-electron chi connectivity index (χ4n) is 3.13. The summed E-state index contributed by atoms with van der Waals surface area (Å²) in [5, 5.41) is 2.57. The van der Waals surface area contributed by atoms with Crippen LogP contribution in [0, 0.1) is 23.4 Å². The SMILES string of the molecule is O=C(Nc1ccc(F)c(F)c1)C1CCN(C(=O)Cc2ccccc2F)CC1. The molecule has 0 spiro atoms. The van der Waals surface area contributed by atoms with Crippen LogP contribution in [0.4, 0.5) is 18.9 Å². The number of amides is 2. The van der Waals surface area contributed by atoms with Gasteiger partial charge in [0.25, 0.3) is 0 Å². The maximum absolute atomic E-state index is 13.7. The van der Waals surface area contributed by atoms with Crippen LogP contribution in [0.3, 0.4) is 0 Å². The Morgan fingerprint density at radius 3 is 2.33 bits per heavy atom. The van der Waals surface area contributed by atoms with Crippen molar-refractivity contribution in [3.05, 3.63) is 65.5 Å². The number of nitrogens with zero attached hydrogens (tertiary/aromatic N) is 1. The van der Waals surface area contributed by atoms with E-state index in [2.05, 4.69) is 5.32 Å². The smallest absolute Gasteiger partial charge is 0.227 e. The van der Waals surface area contributed by atoms with E-state index < -0.39 is 17.5 Å². The van der Waals surface area contributed by atoms with Crippen LogP contribution in [0.1, 0.15) is 18.4 Å². The molecule has 7 heteroatoms. The quantitative estimate of drug-likeness (QED) is 0.888.